The quantitative estimate of drug-likeness (QED) is 0.862. The van der Waals surface area contributed by atoms with E-state index < -0.39 is 6.10 Å². The zero-order valence-electron chi connectivity index (χ0n) is 12.3. The molecule has 108 valence electrons. The van der Waals surface area contributed by atoms with Gasteiger partial charge in [-0.25, -0.2) is 4.79 Å². The highest BCUT2D eigenvalue weighted by molar-refractivity contribution is 5.96. The molecule has 1 unspecified atom stereocenters. The molecule has 4 nitrogen and oxygen atoms in total. The molecule has 1 heterocycles. The molecule has 0 spiro atoms. The lowest BCUT2D eigenvalue weighted by atomic mass is 10.1. The SMILES string of the molecule is Cc1cn(C)c(C)c1C(=O)OC1=CC(O)c2ccccc21. The Balaban J connectivity index is 1.92. The van der Waals surface area contributed by atoms with E-state index >= 15 is 0 Å². The van der Waals surface area contributed by atoms with Crippen molar-refractivity contribution in [3.05, 3.63) is 64.5 Å². The first-order valence-corrected chi connectivity index (χ1v) is 6.83. The van der Waals surface area contributed by atoms with Crippen LogP contribution < -0.4 is 0 Å². The topological polar surface area (TPSA) is 51.5 Å². The van der Waals surface area contributed by atoms with Crippen molar-refractivity contribution in [1.82, 2.24) is 4.57 Å². The van der Waals surface area contributed by atoms with Crippen LogP contribution >= 0.6 is 0 Å². The van der Waals surface area contributed by atoms with Crippen molar-refractivity contribution in [3.8, 4) is 0 Å². The van der Waals surface area contributed by atoms with Gasteiger partial charge >= 0.3 is 5.97 Å². The normalized spacial score (nSPS) is 16.6. The number of carbonyl (C=O) groups is 1. The molecular formula is C17H17NO3. The van der Waals surface area contributed by atoms with Gasteiger partial charge in [0.25, 0.3) is 0 Å². The maximum absolute atomic E-state index is 12.4. The molecule has 2 aromatic rings. The Morgan fingerprint density at radius 3 is 2.67 bits per heavy atom. The van der Waals surface area contributed by atoms with Gasteiger partial charge in [0.2, 0.25) is 0 Å². The number of hydrogen-bond acceptors (Lipinski definition) is 3. The Morgan fingerprint density at radius 1 is 1.29 bits per heavy atom. The van der Waals surface area contributed by atoms with Crippen molar-refractivity contribution >= 4 is 11.7 Å². The summed E-state index contributed by atoms with van der Waals surface area (Å²) in [7, 11) is 1.90. The molecule has 21 heavy (non-hydrogen) atoms. The molecule has 0 saturated heterocycles. The van der Waals surface area contributed by atoms with Crippen LogP contribution in [-0.2, 0) is 11.8 Å². The van der Waals surface area contributed by atoms with Gasteiger partial charge in [-0.2, -0.15) is 0 Å². The Morgan fingerprint density at radius 2 is 2.00 bits per heavy atom. The van der Waals surface area contributed by atoms with Crippen molar-refractivity contribution in [1.29, 1.82) is 0 Å². The van der Waals surface area contributed by atoms with Gasteiger partial charge in [0.05, 0.1) is 5.56 Å². The van der Waals surface area contributed by atoms with Crippen molar-refractivity contribution in [2.75, 3.05) is 0 Å². The van der Waals surface area contributed by atoms with Crippen LogP contribution in [-0.4, -0.2) is 15.6 Å². The second-order valence-corrected chi connectivity index (χ2v) is 5.34. The molecule has 0 amide bonds. The predicted molar refractivity (Wildman–Crippen MR) is 79.7 cm³/mol. The van der Waals surface area contributed by atoms with E-state index in [0.717, 1.165) is 22.4 Å². The molecule has 1 aromatic heterocycles. The molecular weight excluding hydrogens is 266 g/mol. The molecule has 1 atom stereocenters. The van der Waals surface area contributed by atoms with E-state index in [1.807, 2.05) is 55.9 Å². The van der Waals surface area contributed by atoms with Gasteiger partial charge in [0.15, 0.2) is 0 Å². The number of hydrogen-bond donors (Lipinski definition) is 1. The standard InChI is InChI=1S/C17H17NO3/c1-10-9-18(3)11(2)16(10)17(20)21-15-8-14(19)12-6-4-5-7-13(12)15/h4-9,14,19H,1-3H3. The van der Waals surface area contributed by atoms with Crippen LogP contribution in [0.5, 0.6) is 0 Å². The average Bonchev–Trinajstić information content (AvgIpc) is 2.89. The number of nitrogens with zero attached hydrogens (tertiary/aromatic N) is 1. The number of esters is 1. The minimum Gasteiger partial charge on any atom is -0.422 e. The minimum absolute atomic E-state index is 0.388. The molecule has 3 rings (SSSR count). The van der Waals surface area contributed by atoms with Crippen LogP contribution in [0.1, 0.15) is 38.8 Å². The summed E-state index contributed by atoms with van der Waals surface area (Å²) in [6.07, 6.45) is 2.75. The van der Waals surface area contributed by atoms with Crippen LogP contribution in [0.2, 0.25) is 0 Å². The highest BCUT2D eigenvalue weighted by Gasteiger charge is 2.26. The Bertz CT molecular complexity index is 755. The number of benzene rings is 1. The van der Waals surface area contributed by atoms with E-state index in [0.29, 0.717) is 11.3 Å². The molecule has 0 aliphatic heterocycles. The van der Waals surface area contributed by atoms with Crippen molar-refractivity contribution < 1.29 is 14.6 Å². The Kier molecular flexibility index (Phi) is 3.18. The summed E-state index contributed by atoms with van der Waals surface area (Å²) in [5.41, 5.74) is 3.86. The molecule has 1 N–H and O–H groups in total. The zero-order valence-corrected chi connectivity index (χ0v) is 12.3. The molecule has 1 aliphatic carbocycles. The van der Waals surface area contributed by atoms with Crippen LogP contribution in [0.25, 0.3) is 5.76 Å². The summed E-state index contributed by atoms with van der Waals surface area (Å²) in [6.45, 7) is 3.77. The summed E-state index contributed by atoms with van der Waals surface area (Å²) in [5, 5.41) is 9.98. The third-order valence-electron chi connectivity index (χ3n) is 3.93. The largest absolute Gasteiger partial charge is 0.422 e. The number of aliphatic hydroxyl groups excluding tert-OH is 1. The fourth-order valence-corrected chi connectivity index (χ4v) is 2.76. The van der Waals surface area contributed by atoms with E-state index in [2.05, 4.69) is 0 Å². The van der Waals surface area contributed by atoms with Crippen LogP contribution in [0, 0.1) is 13.8 Å². The maximum atomic E-state index is 12.4. The molecule has 1 aromatic carbocycles. The van der Waals surface area contributed by atoms with Gasteiger partial charge in [-0.1, -0.05) is 24.3 Å². The third-order valence-corrected chi connectivity index (χ3v) is 3.93. The Hall–Kier alpha value is -2.33. The Labute approximate surface area is 123 Å². The molecule has 0 bridgehead atoms. The summed E-state index contributed by atoms with van der Waals surface area (Å²) in [6, 6.07) is 7.38. The minimum atomic E-state index is -0.720. The average molecular weight is 283 g/mol. The number of ether oxygens (including phenoxy) is 1. The highest BCUT2D eigenvalue weighted by Crippen LogP contribution is 2.35. The fraction of sp³-hybridized carbons (Fsp3) is 0.235. The van der Waals surface area contributed by atoms with E-state index in [9.17, 15) is 9.90 Å². The van der Waals surface area contributed by atoms with Crippen LogP contribution in [0.15, 0.2) is 36.5 Å². The summed E-state index contributed by atoms with van der Waals surface area (Å²) < 4.78 is 7.42. The number of aryl methyl sites for hydroxylation is 2. The van der Waals surface area contributed by atoms with Gasteiger partial charge in [-0.3, -0.25) is 0 Å². The molecule has 0 radical (unpaired) electrons. The van der Waals surface area contributed by atoms with Gasteiger partial charge in [-0.15, -0.1) is 0 Å². The number of aromatic nitrogens is 1. The second-order valence-electron chi connectivity index (χ2n) is 5.34. The first kappa shape index (κ1) is 13.6. The van der Waals surface area contributed by atoms with E-state index in [1.54, 1.807) is 6.08 Å². The second kappa shape index (κ2) is 4.90. The fourth-order valence-electron chi connectivity index (χ4n) is 2.76. The summed E-state index contributed by atoms with van der Waals surface area (Å²) in [4.78, 5) is 12.4. The first-order chi connectivity index (χ1) is 9.99. The van der Waals surface area contributed by atoms with Gasteiger partial charge in [0.1, 0.15) is 11.9 Å². The zero-order chi connectivity index (χ0) is 15.1. The van der Waals surface area contributed by atoms with Crippen molar-refractivity contribution in [2.24, 2.45) is 7.05 Å². The lowest BCUT2D eigenvalue weighted by Crippen LogP contribution is -2.07. The molecule has 4 heteroatoms. The number of fused-ring (bicyclic) bond motifs is 1. The first-order valence-electron chi connectivity index (χ1n) is 6.83. The van der Waals surface area contributed by atoms with E-state index in [1.165, 1.54) is 0 Å². The number of aliphatic hydroxyl groups is 1. The summed E-state index contributed by atoms with van der Waals surface area (Å²) in [5.74, 6) is 0.0338. The highest BCUT2D eigenvalue weighted by atomic mass is 16.5. The number of carbonyl (C=O) groups excluding carboxylic acids is 1. The number of rotatable bonds is 2. The van der Waals surface area contributed by atoms with Gasteiger partial charge < -0.3 is 14.4 Å². The van der Waals surface area contributed by atoms with Crippen molar-refractivity contribution in [3.63, 3.8) is 0 Å². The summed E-state index contributed by atoms with van der Waals surface area (Å²) >= 11 is 0. The van der Waals surface area contributed by atoms with Crippen LogP contribution in [0.3, 0.4) is 0 Å². The smallest absolute Gasteiger partial charge is 0.345 e. The van der Waals surface area contributed by atoms with E-state index in [4.69, 9.17) is 4.74 Å². The predicted octanol–water partition coefficient (Wildman–Crippen LogP) is 2.89. The molecule has 1 aliphatic rings. The van der Waals surface area contributed by atoms with Gasteiger partial charge in [-0.05, 0) is 31.1 Å². The maximum Gasteiger partial charge on any atom is 0.345 e. The van der Waals surface area contributed by atoms with Crippen LogP contribution in [0.4, 0.5) is 0 Å². The van der Waals surface area contributed by atoms with E-state index in [-0.39, 0.29) is 5.97 Å². The monoisotopic (exact) mass is 283 g/mol. The lowest BCUT2D eigenvalue weighted by Gasteiger charge is -2.08. The van der Waals surface area contributed by atoms with Gasteiger partial charge in [0, 0.05) is 24.5 Å². The molecule has 0 saturated carbocycles. The van der Waals surface area contributed by atoms with Crippen molar-refractivity contribution in [2.45, 2.75) is 20.0 Å². The lowest BCUT2D eigenvalue weighted by molar-refractivity contribution is 0.0690. The molecule has 0 fully saturated rings. The third kappa shape index (κ3) is 2.17.